The fourth-order valence-corrected chi connectivity index (χ4v) is 5.82. The summed E-state index contributed by atoms with van der Waals surface area (Å²) in [6.45, 7) is 3.06. The number of carbonyl (C=O) groups is 1. The van der Waals surface area contributed by atoms with Crippen LogP contribution in [0, 0.1) is 11.8 Å². The highest BCUT2D eigenvalue weighted by molar-refractivity contribution is 5.79. The summed E-state index contributed by atoms with van der Waals surface area (Å²) in [4.78, 5) is 15.4. The van der Waals surface area contributed by atoms with Crippen molar-refractivity contribution in [1.82, 2.24) is 25.2 Å². The lowest BCUT2D eigenvalue weighted by molar-refractivity contribution is -0.133. The van der Waals surface area contributed by atoms with Crippen molar-refractivity contribution in [2.45, 2.75) is 63.3 Å². The molecule has 2 bridgehead atoms. The zero-order chi connectivity index (χ0) is 22.1. The van der Waals surface area contributed by atoms with E-state index in [9.17, 15) is 9.90 Å². The number of benzene rings is 1. The van der Waals surface area contributed by atoms with Gasteiger partial charge in [-0.3, -0.25) is 14.4 Å². The number of hydrogen-bond donors (Lipinski definition) is 2. The molecule has 2 N–H and O–H groups in total. The first-order valence-corrected chi connectivity index (χ1v) is 11.8. The van der Waals surface area contributed by atoms with Crippen molar-refractivity contribution in [3.8, 4) is 5.75 Å². The molecule has 1 aromatic carbocycles. The fraction of sp³-hybridized carbons (Fsp3) is 0.625. The van der Waals surface area contributed by atoms with Crippen LogP contribution in [0.2, 0.25) is 0 Å². The van der Waals surface area contributed by atoms with E-state index in [2.05, 4.69) is 20.5 Å². The Labute approximate surface area is 188 Å². The number of nitrogens with zero attached hydrogens (tertiary/aromatic N) is 4. The van der Waals surface area contributed by atoms with E-state index in [1.807, 2.05) is 35.1 Å². The van der Waals surface area contributed by atoms with Gasteiger partial charge in [0.25, 0.3) is 0 Å². The molecule has 3 saturated heterocycles. The molecule has 8 nitrogen and oxygen atoms in total. The highest BCUT2D eigenvalue weighted by Gasteiger charge is 2.43. The van der Waals surface area contributed by atoms with Crippen LogP contribution >= 0.6 is 0 Å². The lowest BCUT2D eigenvalue weighted by Crippen LogP contribution is -2.58. The number of hydrogen-bond acceptors (Lipinski definition) is 6. The molecule has 1 aliphatic carbocycles. The SMILES string of the molecule is COc1ccccc1CNC(=O)[C@H]1CN2CCC1C[C@@H]2Cn1cc(C2(O)CCCC2)nn1. The maximum absolute atomic E-state index is 13.0. The van der Waals surface area contributed by atoms with Crippen molar-refractivity contribution in [2.24, 2.45) is 11.8 Å². The summed E-state index contributed by atoms with van der Waals surface area (Å²) in [5.74, 6) is 1.36. The molecular weight excluding hydrogens is 406 g/mol. The molecule has 1 aromatic heterocycles. The molecule has 1 amide bonds. The number of rotatable bonds is 7. The maximum Gasteiger partial charge on any atom is 0.224 e. The molecule has 8 heteroatoms. The van der Waals surface area contributed by atoms with Gasteiger partial charge in [0.05, 0.1) is 25.8 Å². The number of ether oxygens (including phenoxy) is 1. The Morgan fingerprint density at radius 2 is 2.12 bits per heavy atom. The maximum atomic E-state index is 13.0. The smallest absolute Gasteiger partial charge is 0.224 e. The van der Waals surface area contributed by atoms with Crippen molar-refractivity contribution in [1.29, 1.82) is 0 Å². The van der Waals surface area contributed by atoms with Crippen LogP contribution in [-0.2, 0) is 23.5 Å². The van der Waals surface area contributed by atoms with Gasteiger partial charge in [0.1, 0.15) is 17.0 Å². The van der Waals surface area contributed by atoms with Crippen LogP contribution in [0.4, 0.5) is 0 Å². The topological polar surface area (TPSA) is 92.5 Å². The first kappa shape index (κ1) is 21.4. The monoisotopic (exact) mass is 439 g/mol. The quantitative estimate of drug-likeness (QED) is 0.686. The van der Waals surface area contributed by atoms with Crippen molar-refractivity contribution in [3.63, 3.8) is 0 Å². The van der Waals surface area contributed by atoms with Crippen LogP contribution < -0.4 is 10.1 Å². The first-order chi connectivity index (χ1) is 15.6. The second-order valence-electron chi connectivity index (χ2n) is 9.63. The number of amides is 1. The van der Waals surface area contributed by atoms with Gasteiger partial charge in [0, 0.05) is 24.7 Å². The third-order valence-corrected chi connectivity index (χ3v) is 7.70. The third-order valence-electron chi connectivity index (χ3n) is 7.70. The van der Waals surface area contributed by atoms with Crippen molar-refractivity contribution in [2.75, 3.05) is 20.2 Å². The Kier molecular flexibility index (Phi) is 5.90. The predicted octanol–water partition coefficient (Wildman–Crippen LogP) is 2.08. The Morgan fingerprint density at radius 1 is 1.31 bits per heavy atom. The molecule has 1 saturated carbocycles. The minimum Gasteiger partial charge on any atom is -0.496 e. The summed E-state index contributed by atoms with van der Waals surface area (Å²) >= 11 is 0. The number of aliphatic hydroxyl groups is 1. The van der Waals surface area contributed by atoms with E-state index in [-0.39, 0.29) is 11.8 Å². The number of carbonyl (C=O) groups excluding carboxylic acids is 1. The highest BCUT2D eigenvalue weighted by Crippen LogP contribution is 2.39. The molecule has 2 aromatic rings. The van der Waals surface area contributed by atoms with Crippen LogP contribution in [0.5, 0.6) is 5.75 Å². The van der Waals surface area contributed by atoms with Gasteiger partial charge in [-0.2, -0.15) is 0 Å². The molecule has 0 spiro atoms. The molecule has 0 radical (unpaired) electrons. The molecule has 4 aliphatic rings. The summed E-state index contributed by atoms with van der Waals surface area (Å²) in [6, 6.07) is 8.16. The second kappa shape index (κ2) is 8.83. The third kappa shape index (κ3) is 4.13. The van der Waals surface area contributed by atoms with E-state index in [1.54, 1.807) is 7.11 Å². The molecule has 4 atom stereocenters. The Balaban J connectivity index is 1.18. The van der Waals surface area contributed by atoms with Gasteiger partial charge in [-0.15, -0.1) is 5.10 Å². The highest BCUT2D eigenvalue weighted by atomic mass is 16.5. The minimum absolute atomic E-state index is 0.0280. The average Bonchev–Trinajstić information content (AvgIpc) is 3.48. The zero-order valence-corrected chi connectivity index (χ0v) is 18.7. The number of methoxy groups -OCH3 is 1. The zero-order valence-electron chi connectivity index (χ0n) is 18.7. The van der Waals surface area contributed by atoms with Crippen LogP contribution in [0.25, 0.3) is 0 Å². The Bertz CT molecular complexity index is 955. The number of fused-ring (bicyclic) bond motifs is 3. The molecular formula is C24H33N5O3. The summed E-state index contributed by atoms with van der Waals surface area (Å²) < 4.78 is 7.28. The van der Waals surface area contributed by atoms with Gasteiger partial charge in [-0.05, 0) is 44.2 Å². The largest absolute Gasteiger partial charge is 0.496 e. The molecule has 4 heterocycles. The van der Waals surface area contributed by atoms with E-state index in [1.165, 1.54) is 0 Å². The number of piperidine rings is 3. The van der Waals surface area contributed by atoms with E-state index in [0.717, 1.165) is 69.5 Å². The van der Waals surface area contributed by atoms with Gasteiger partial charge in [0.2, 0.25) is 5.91 Å². The predicted molar refractivity (Wildman–Crippen MR) is 119 cm³/mol. The Hall–Kier alpha value is -2.45. The number of nitrogens with one attached hydrogen (secondary N) is 1. The molecule has 4 fully saturated rings. The average molecular weight is 440 g/mol. The second-order valence-corrected chi connectivity index (χ2v) is 9.63. The van der Waals surface area contributed by atoms with Crippen molar-refractivity contribution < 1.29 is 14.6 Å². The van der Waals surface area contributed by atoms with Gasteiger partial charge < -0.3 is 15.2 Å². The standard InChI is InChI=1S/C24H33N5O3/c1-32-21-7-3-2-6-18(21)13-25-23(30)20-15-28-11-8-17(20)12-19(28)14-29-16-22(26-27-29)24(31)9-4-5-10-24/h2-3,6-7,16-17,19-20,31H,4-5,8-15H2,1H3,(H,25,30)/t17?,19-,20+/m1/s1. The van der Waals surface area contributed by atoms with Crippen molar-refractivity contribution in [3.05, 3.63) is 41.7 Å². The molecule has 6 rings (SSSR count). The van der Waals surface area contributed by atoms with Gasteiger partial charge >= 0.3 is 0 Å². The summed E-state index contributed by atoms with van der Waals surface area (Å²) in [5.41, 5.74) is 0.905. The van der Waals surface area contributed by atoms with Crippen LogP contribution in [-0.4, -0.2) is 57.1 Å². The lowest BCUT2D eigenvalue weighted by Gasteiger charge is -2.49. The minimum atomic E-state index is -0.797. The van der Waals surface area contributed by atoms with Gasteiger partial charge in [0.15, 0.2) is 0 Å². The number of aromatic nitrogens is 3. The van der Waals surface area contributed by atoms with Gasteiger partial charge in [-0.1, -0.05) is 36.3 Å². The van der Waals surface area contributed by atoms with E-state index < -0.39 is 5.60 Å². The number of para-hydroxylation sites is 1. The normalized spacial score (nSPS) is 28.6. The first-order valence-electron chi connectivity index (χ1n) is 11.8. The van der Waals surface area contributed by atoms with E-state index >= 15 is 0 Å². The summed E-state index contributed by atoms with van der Waals surface area (Å²) in [6.07, 6.45) is 7.61. The molecule has 3 aliphatic heterocycles. The fourth-order valence-electron chi connectivity index (χ4n) is 5.82. The van der Waals surface area contributed by atoms with Crippen LogP contribution in [0.1, 0.15) is 49.8 Å². The van der Waals surface area contributed by atoms with Gasteiger partial charge in [-0.25, -0.2) is 0 Å². The molecule has 172 valence electrons. The molecule has 32 heavy (non-hydrogen) atoms. The summed E-state index contributed by atoms with van der Waals surface area (Å²) in [7, 11) is 1.65. The van der Waals surface area contributed by atoms with Crippen LogP contribution in [0.15, 0.2) is 30.5 Å². The van der Waals surface area contributed by atoms with Crippen LogP contribution in [0.3, 0.4) is 0 Å². The summed E-state index contributed by atoms with van der Waals surface area (Å²) in [5, 5.41) is 22.5. The van der Waals surface area contributed by atoms with E-state index in [4.69, 9.17) is 4.74 Å². The Morgan fingerprint density at radius 3 is 2.88 bits per heavy atom. The van der Waals surface area contributed by atoms with E-state index in [0.29, 0.717) is 24.2 Å². The molecule has 2 unspecified atom stereocenters. The van der Waals surface area contributed by atoms with Crippen molar-refractivity contribution >= 4 is 5.91 Å². The lowest BCUT2D eigenvalue weighted by atomic mass is 9.75.